The quantitative estimate of drug-likeness (QED) is 0.534. The van der Waals surface area contributed by atoms with Gasteiger partial charge in [-0.05, 0) is 17.2 Å². The van der Waals surface area contributed by atoms with E-state index in [0.717, 1.165) is 4.47 Å². The second-order valence-corrected chi connectivity index (χ2v) is 6.56. The number of hydrogen-bond acceptors (Lipinski definition) is 0. The first-order chi connectivity index (χ1) is 8.20. The smallest absolute Gasteiger partial charge is 0.0572 e. The summed E-state index contributed by atoms with van der Waals surface area (Å²) < 4.78 is 1.13. The van der Waals surface area contributed by atoms with Crippen molar-refractivity contribution < 1.29 is 0 Å². The number of halogens is 3. The fourth-order valence-corrected chi connectivity index (χ4v) is 3.80. The van der Waals surface area contributed by atoms with Crippen molar-refractivity contribution in [2.24, 2.45) is 0 Å². The molecule has 0 N–H and O–H groups in total. The maximum atomic E-state index is 3.76. The Morgan fingerprint density at radius 3 is 1.94 bits per heavy atom. The summed E-state index contributed by atoms with van der Waals surface area (Å²) in [6.07, 6.45) is 0. The Bertz CT molecular complexity index is 482. The lowest BCUT2D eigenvalue weighted by Crippen LogP contribution is -1.99. The second-order valence-electron chi connectivity index (χ2n) is 3.74. The minimum absolute atomic E-state index is 0.237. The number of hydrogen-bond donors (Lipinski definition) is 0. The summed E-state index contributed by atoms with van der Waals surface area (Å²) >= 11 is 11.1. The van der Waals surface area contributed by atoms with E-state index >= 15 is 0 Å². The normalized spacial score (nSPS) is 14.3. The minimum atomic E-state index is 0.237. The molecular weight excluding hydrogens is 408 g/mol. The molecule has 0 fully saturated rings. The van der Waals surface area contributed by atoms with Crippen molar-refractivity contribution in [3.8, 4) is 0 Å². The molecule has 0 radical (unpaired) electrons. The van der Waals surface area contributed by atoms with Crippen molar-refractivity contribution in [1.82, 2.24) is 0 Å². The lowest BCUT2D eigenvalue weighted by molar-refractivity contribution is 0.933. The summed E-state index contributed by atoms with van der Waals surface area (Å²) in [4.78, 5) is 0.489. The van der Waals surface area contributed by atoms with Crippen LogP contribution in [0.1, 0.15) is 20.8 Å². The van der Waals surface area contributed by atoms with Crippen molar-refractivity contribution in [2.75, 3.05) is 0 Å². The first-order valence-electron chi connectivity index (χ1n) is 5.27. The van der Waals surface area contributed by atoms with Crippen molar-refractivity contribution in [2.45, 2.75) is 9.65 Å². The third kappa shape index (κ3) is 3.21. The van der Waals surface area contributed by atoms with Crippen LogP contribution in [0.25, 0.3) is 0 Å². The Kier molecular flexibility index (Phi) is 4.83. The molecule has 88 valence electrons. The largest absolute Gasteiger partial charge is 0.0823 e. The van der Waals surface area contributed by atoms with Crippen molar-refractivity contribution in [3.63, 3.8) is 0 Å². The zero-order chi connectivity index (χ0) is 12.3. The average Bonchev–Trinajstić information content (AvgIpc) is 2.39. The van der Waals surface area contributed by atoms with Gasteiger partial charge in [0.1, 0.15) is 0 Å². The van der Waals surface area contributed by atoms with E-state index in [0.29, 0.717) is 0 Å². The Balaban J connectivity index is 2.27. The van der Waals surface area contributed by atoms with Gasteiger partial charge in [-0.2, -0.15) is 0 Å². The van der Waals surface area contributed by atoms with Crippen LogP contribution in [-0.2, 0) is 0 Å². The molecule has 0 aromatic heterocycles. The fourth-order valence-electron chi connectivity index (χ4n) is 1.66. The molecule has 0 saturated carbocycles. The zero-order valence-corrected chi connectivity index (χ0v) is 13.7. The van der Waals surface area contributed by atoms with Gasteiger partial charge >= 0.3 is 0 Å². The summed E-state index contributed by atoms with van der Waals surface area (Å²) in [5, 5.41) is 0. The van der Waals surface area contributed by atoms with Gasteiger partial charge < -0.3 is 0 Å². The van der Waals surface area contributed by atoms with E-state index in [9.17, 15) is 0 Å². The van der Waals surface area contributed by atoms with E-state index in [2.05, 4.69) is 90.3 Å². The van der Waals surface area contributed by atoms with Crippen LogP contribution in [0.5, 0.6) is 0 Å². The molecule has 3 heteroatoms. The highest BCUT2D eigenvalue weighted by molar-refractivity contribution is 9.12. The molecule has 0 amide bonds. The van der Waals surface area contributed by atoms with Crippen molar-refractivity contribution in [3.05, 3.63) is 70.2 Å². The molecular formula is C14H11Br3. The van der Waals surface area contributed by atoms with Crippen LogP contribution in [0, 0.1) is 0 Å². The third-order valence-corrected chi connectivity index (χ3v) is 6.09. The first-order valence-corrected chi connectivity index (χ1v) is 7.90. The van der Waals surface area contributed by atoms with Crippen molar-refractivity contribution >= 4 is 47.8 Å². The maximum absolute atomic E-state index is 3.76. The van der Waals surface area contributed by atoms with Crippen LogP contribution in [0.2, 0.25) is 0 Å². The molecule has 17 heavy (non-hydrogen) atoms. The molecule has 0 aliphatic rings. The SMILES string of the molecule is Brc1ccccc1[C@@H](Br)[C@@H](Br)c1ccccc1. The van der Waals surface area contributed by atoms with Crippen LogP contribution in [-0.4, -0.2) is 0 Å². The molecule has 0 spiro atoms. The van der Waals surface area contributed by atoms with Crippen LogP contribution in [0.3, 0.4) is 0 Å². The molecule has 2 atom stereocenters. The van der Waals surface area contributed by atoms with Gasteiger partial charge in [-0.3, -0.25) is 0 Å². The van der Waals surface area contributed by atoms with Gasteiger partial charge in [-0.1, -0.05) is 96.3 Å². The van der Waals surface area contributed by atoms with Crippen molar-refractivity contribution in [1.29, 1.82) is 0 Å². The number of benzene rings is 2. The van der Waals surface area contributed by atoms with Crippen LogP contribution in [0.4, 0.5) is 0 Å². The van der Waals surface area contributed by atoms with Gasteiger partial charge in [0.15, 0.2) is 0 Å². The van der Waals surface area contributed by atoms with E-state index in [1.54, 1.807) is 0 Å². The van der Waals surface area contributed by atoms with Crippen LogP contribution in [0.15, 0.2) is 59.1 Å². The monoisotopic (exact) mass is 416 g/mol. The highest BCUT2D eigenvalue weighted by atomic mass is 79.9. The molecule has 0 nitrogen and oxygen atoms in total. The van der Waals surface area contributed by atoms with E-state index in [4.69, 9.17) is 0 Å². The molecule has 2 aromatic rings. The third-order valence-electron chi connectivity index (χ3n) is 2.58. The van der Waals surface area contributed by atoms with Crippen LogP contribution >= 0.6 is 47.8 Å². The molecule has 0 aliphatic carbocycles. The average molecular weight is 419 g/mol. The Labute approximate surface area is 127 Å². The van der Waals surface area contributed by atoms with E-state index < -0.39 is 0 Å². The molecule has 2 aromatic carbocycles. The van der Waals surface area contributed by atoms with Gasteiger partial charge in [0.2, 0.25) is 0 Å². The summed E-state index contributed by atoms with van der Waals surface area (Å²) in [6, 6.07) is 18.7. The first kappa shape index (κ1) is 13.3. The Hall–Kier alpha value is -0.120. The van der Waals surface area contributed by atoms with E-state index in [1.807, 2.05) is 12.1 Å². The Morgan fingerprint density at radius 2 is 1.29 bits per heavy atom. The van der Waals surface area contributed by atoms with Gasteiger partial charge in [-0.15, -0.1) is 0 Å². The molecule has 0 unspecified atom stereocenters. The predicted octanol–water partition coefficient (Wildman–Crippen LogP) is 6.02. The molecule has 0 heterocycles. The summed E-state index contributed by atoms with van der Waals surface area (Å²) in [5.74, 6) is 0. The predicted molar refractivity (Wildman–Crippen MR) is 83.9 cm³/mol. The van der Waals surface area contributed by atoms with Gasteiger partial charge in [0.05, 0.1) is 9.65 Å². The lowest BCUT2D eigenvalue weighted by Gasteiger charge is -2.18. The summed E-state index contributed by atoms with van der Waals surface area (Å²) in [5.41, 5.74) is 2.52. The second kappa shape index (κ2) is 6.17. The molecule has 0 saturated heterocycles. The topological polar surface area (TPSA) is 0 Å². The zero-order valence-electron chi connectivity index (χ0n) is 8.98. The molecule has 0 aliphatic heterocycles. The van der Waals surface area contributed by atoms with Gasteiger partial charge in [-0.25, -0.2) is 0 Å². The number of alkyl halides is 2. The molecule has 0 bridgehead atoms. The maximum Gasteiger partial charge on any atom is 0.0572 e. The summed E-state index contributed by atoms with van der Waals surface area (Å²) in [6.45, 7) is 0. The van der Waals surface area contributed by atoms with Gasteiger partial charge in [0, 0.05) is 4.47 Å². The fraction of sp³-hybridized carbons (Fsp3) is 0.143. The standard InChI is InChI=1S/C14H11Br3/c15-12-9-5-4-8-11(12)14(17)13(16)10-6-2-1-3-7-10/h1-9,13-14H/t13-,14+/m0/s1. The van der Waals surface area contributed by atoms with E-state index in [1.165, 1.54) is 11.1 Å². The molecule has 2 rings (SSSR count). The highest BCUT2D eigenvalue weighted by Crippen LogP contribution is 2.44. The van der Waals surface area contributed by atoms with E-state index in [-0.39, 0.29) is 9.65 Å². The lowest BCUT2D eigenvalue weighted by atomic mass is 10.0. The minimum Gasteiger partial charge on any atom is -0.0823 e. The number of rotatable bonds is 3. The van der Waals surface area contributed by atoms with Gasteiger partial charge in [0.25, 0.3) is 0 Å². The summed E-state index contributed by atoms with van der Waals surface area (Å²) in [7, 11) is 0. The highest BCUT2D eigenvalue weighted by Gasteiger charge is 2.20. The Morgan fingerprint density at radius 1 is 0.706 bits per heavy atom. The van der Waals surface area contributed by atoms with Crippen LogP contribution < -0.4 is 0 Å².